The minimum absolute atomic E-state index is 0.322. The molecule has 0 aliphatic rings. The molecule has 6 heteroatoms. The van der Waals surface area contributed by atoms with Gasteiger partial charge in [0.05, 0.1) is 0 Å². The van der Waals surface area contributed by atoms with Crippen LogP contribution in [0, 0.1) is 0 Å². The van der Waals surface area contributed by atoms with Crippen molar-refractivity contribution >= 4 is 11.8 Å². The summed E-state index contributed by atoms with van der Waals surface area (Å²) >= 11 is 0. The van der Waals surface area contributed by atoms with E-state index >= 15 is 0 Å². The molecule has 0 heterocycles. The topological polar surface area (TPSA) is 64.1 Å². The standard InChI is InChI=1S/C63H127N3O3/c1-5-9-13-17-21-25-37-47-57-65(58-48-38-26-22-18-14-10-6-2)62(68)52-42-32-29-34-44-54-64(56-46-36-31-41-51-61-67)55-45-35-30-33-43-53-63(69)66(59-49-39-27-23-19-15-11-7-3)60-50-40-28-24-20-16-12-8-4/h67H,5-61H2,1-4H3. The maximum Gasteiger partial charge on any atom is 0.222 e. The molecule has 0 saturated heterocycles. The van der Waals surface area contributed by atoms with Crippen LogP contribution in [0.1, 0.15) is 342 Å². The summed E-state index contributed by atoms with van der Waals surface area (Å²) in [7, 11) is 0. The van der Waals surface area contributed by atoms with Gasteiger partial charge in [-0.3, -0.25) is 9.59 Å². The number of nitrogens with zero attached hydrogens (tertiary/aromatic N) is 3. The van der Waals surface area contributed by atoms with Gasteiger partial charge in [-0.1, -0.05) is 265 Å². The molecule has 69 heavy (non-hydrogen) atoms. The number of aliphatic hydroxyl groups excluding tert-OH is 1. The first-order chi connectivity index (χ1) is 34.0. The fraction of sp³-hybridized carbons (Fsp3) is 0.968. The molecule has 0 aromatic rings. The number of hydrogen-bond donors (Lipinski definition) is 1. The number of carbonyl (C=O) groups is 2. The van der Waals surface area contributed by atoms with Crippen molar-refractivity contribution in [2.24, 2.45) is 0 Å². The van der Waals surface area contributed by atoms with E-state index in [-0.39, 0.29) is 0 Å². The molecule has 1 N–H and O–H groups in total. The third-order valence-electron chi connectivity index (χ3n) is 15.2. The molecule has 0 aliphatic heterocycles. The quantitative estimate of drug-likeness (QED) is 0.0617. The first-order valence-corrected chi connectivity index (χ1v) is 31.9. The van der Waals surface area contributed by atoms with Gasteiger partial charge in [-0.25, -0.2) is 0 Å². The lowest BCUT2D eigenvalue weighted by atomic mass is 10.1. The van der Waals surface area contributed by atoms with Crippen molar-refractivity contribution in [3.05, 3.63) is 0 Å². The van der Waals surface area contributed by atoms with Gasteiger partial charge in [0, 0.05) is 45.6 Å². The van der Waals surface area contributed by atoms with E-state index in [1.165, 1.54) is 296 Å². The highest BCUT2D eigenvalue weighted by Gasteiger charge is 2.15. The average Bonchev–Trinajstić information content (AvgIpc) is 3.35. The van der Waals surface area contributed by atoms with Gasteiger partial charge in [0.15, 0.2) is 0 Å². The molecule has 6 nitrogen and oxygen atoms in total. The zero-order chi connectivity index (χ0) is 50.2. The van der Waals surface area contributed by atoms with Gasteiger partial charge in [0.1, 0.15) is 0 Å². The van der Waals surface area contributed by atoms with Gasteiger partial charge in [0.2, 0.25) is 11.8 Å². The van der Waals surface area contributed by atoms with Gasteiger partial charge >= 0.3 is 0 Å². The Morgan fingerprint density at radius 1 is 0.246 bits per heavy atom. The van der Waals surface area contributed by atoms with Crippen LogP contribution in [0.3, 0.4) is 0 Å². The zero-order valence-electron chi connectivity index (χ0n) is 47.9. The van der Waals surface area contributed by atoms with E-state index < -0.39 is 0 Å². The number of rotatable bonds is 59. The lowest BCUT2D eigenvalue weighted by molar-refractivity contribution is -0.132. The molecule has 0 aromatic heterocycles. The fourth-order valence-electron chi connectivity index (χ4n) is 10.4. The third kappa shape index (κ3) is 50.2. The van der Waals surface area contributed by atoms with Crippen LogP contribution in [-0.2, 0) is 9.59 Å². The molecule has 0 rings (SSSR count). The largest absolute Gasteiger partial charge is 0.396 e. The average molecular weight is 975 g/mol. The first kappa shape index (κ1) is 67.9. The van der Waals surface area contributed by atoms with E-state index in [1.807, 2.05) is 0 Å². The summed E-state index contributed by atoms with van der Waals surface area (Å²) in [5.74, 6) is 0.839. The molecular weight excluding hydrogens is 847 g/mol. The van der Waals surface area contributed by atoms with E-state index in [0.29, 0.717) is 18.4 Å². The highest BCUT2D eigenvalue weighted by molar-refractivity contribution is 5.76. The molecule has 0 radical (unpaired) electrons. The highest BCUT2D eigenvalue weighted by Crippen LogP contribution is 2.17. The van der Waals surface area contributed by atoms with E-state index in [9.17, 15) is 14.7 Å². The normalized spacial score (nSPS) is 11.6. The fourth-order valence-corrected chi connectivity index (χ4v) is 10.4. The lowest BCUT2D eigenvalue weighted by Gasteiger charge is -2.23. The summed E-state index contributed by atoms with van der Waals surface area (Å²) in [6, 6.07) is 0. The molecule has 0 atom stereocenters. The molecule has 0 fully saturated rings. The molecule has 0 spiro atoms. The summed E-state index contributed by atoms with van der Waals surface area (Å²) in [6.07, 6.45) is 61.6. The zero-order valence-corrected chi connectivity index (χ0v) is 47.9. The minimum atomic E-state index is 0.322. The summed E-state index contributed by atoms with van der Waals surface area (Å²) in [5, 5.41) is 9.21. The maximum absolute atomic E-state index is 13.5. The van der Waals surface area contributed by atoms with Gasteiger partial charge in [-0.05, 0) is 83.8 Å². The second kappa shape index (κ2) is 57.8. The van der Waals surface area contributed by atoms with E-state index in [0.717, 1.165) is 64.7 Å². The van der Waals surface area contributed by atoms with Gasteiger partial charge in [0.25, 0.3) is 0 Å². The second-order valence-electron chi connectivity index (χ2n) is 22.0. The first-order valence-electron chi connectivity index (χ1n) is 31.9. The monoisotopic (exact) mass is 974 g/mol. The van der Waals surface area contributed by atoms with Crippen molar-refractivity contribution in [3.63, 3.8) is 0 Å². The second-order valence-corrected chi connectivity index (χ2v) is 22.0. The summed E-state index contributed by atoms with van der Waals surface area (Å²) in [4.78, 5) is 34.2. The number of carbonyl (C=O) groups excluding carboxylic acids is 2. The Balaban J connectivity index is 4.72. The number of unbranched alkanes of at least 4 members (excludes halogenated alkanes) is 40. The Hall–Kier alpha value is -1.14. The van der Waals surface area contributed by atoms with Gasteiger partial charge in [-0.2, -0.15) is 0 Å². The molecule has 0 saturated carbocycles. The minimum Gasteiger partial charge on any atom is -0.396 e. The van der Waals surface area contributed by atoms with Gasteiger partial charge in [-0.15, -0.1) is 0 Å². The number of hydrogen-bond acceptors (Lipinski definition) is 4. The Kier molecular flexibility index (Phi) is 56.8. The highest BCUT2D eigenvalue weighted by atomic mass is 16.3. The van der Waals surface area contributed by atoms with E-state index in [1.54, 1.807) is 0 Å². The Bertz CT molecular complexity index is 898. The molecular formula is C63H127N3O3. The smallest absolute Gasteiger partial charge is 0.222 e. The molecule has 0 aliphatic carbocycles. The SMILES string of the molecule is CCCCCCCCCCN(CCCCCCCCCC)C(=O)CCCCCCCN(CCCCCCCO)CCCCCCCC(=O)N(CCCCCCCCCC)CCCCCCCCCC. The maximum atomic E-state index is 13.5. The van der Waals surface area contributed by atoms with E-state index in [4.69, 9.17) is 0 Å². The number of aliphatic hydroxyl groups is 1. The van der Waals surface area contributed by atoms with Crippen molar-refractivity contribution in [1.82, 2.24) is 14.7 Å². The Morgan fingerprint density at radius 2 is 0.435 bits per heavy atom. The predicted octanol–water partition coefficient (Wildman–Crippen LogP) is 19.1. The van der Waals surface area contributed by atoms with Crippen LogP contribution in [0.2, 0.25) is 0 Å². The van der Waals surface area contributed by atoms with Crippen molar-refractivity contribution in [2.75, 3.05) is 52.4 Å². The van der Waals surface area contributed by atoms with E-state index in [2.05, 4.69) is 42.4 Å². The predicted molar refractivity (Wildman–Crippen MR) is 306 cm³/mol. The van der Waals surface area contributed by atoms with Crippen LogP contribution in [0.25, 0.3) is 0 Å². The molecule has 0 aromatic carbocycles. The third-order valence-corrected chi connectivity index (χ3v) is 15.2. The van der Waals surface area contributed by atoms with Crippen LogP contribution in [-0.4, -0.2) is 84.0 Å². The van der Waals surface area contributed by atoms with Crippen LogP contribution < -0.4 is 0 Å². The summed E-state index contributed by atoms with van der Waals surface area (Å²) in [6.45, 7) is 17.0. The Morgan fingerprint density at radius 3 is 0.667 bits per heavy atom. The number of amides is 2. The lowest BCUT2D eigenvalue weighted by Crippen LogP contribution is -2.32. The summed E-state index contributed by atoms with van der Waals surface area (Å²) in [5.41, 5.74) is 0. The molecule has 2 amide bonds. The van der Waals surface area contributed by atoms with Crippen LogP contribution in [0.15, 0.2) is 0 Å². The van der Waals surface area contributed by atoms with Crippen LogP contribution in [0.4, 0.5) is 0 Å². The van der Waals surface area contributed by atoms with Gasteiger partial charge < -0.3 is 19.8 Å². The van der Waals surface area contributed by atoms with Crippen molar-refractivity contribution in [1.29, 1.82) is 0 Å². The molecule has 412 valence electrons. The van der Waals surface area contributed by atoms with Crippen LogP contribution >= 0.6 is 0 Å². The Labute approximate surface area is 434 Å². The van der Waals surface area contributed by atoms with Crippen molar-refractivity contribution in [3.8, 4) is 0 Å². The molecule has 0 unspecified atom stereocenters. The summed E-state index contributed by atoms with van der Waals surface area (Å²) < 4.78 is 0. The van der Waals surface area contributed by atoms with Crippen molar-refractivity contribution < 1.29 is 14.7 Å². The molecule has 0 bridgehead atoms. The van der Waals surface area contributed by atoms with Crippen molar-refractivity contribution in [2.45, 2.75) is 342 Å². The van der Waals surface area contributed by atoms with Crippen LogP contribution in [0.5, 0.6) is 0 Å².